The molecule has 0 aromatic heterocycles. The Kier molecular flexibility index (Phi) is 6.03. The minimum absolute atomic E-state index is 0.0781. The van der Waals surface area contributed by atoms with Crippen LogP contribution in [-0.4, -0.2) is 89.7 Å². The van der Waals surface area contributed by atoms with Gasteiger partial charge in [0.25, 0.3) is 5.91 Å². The standard InChI is InChI=1S/C24H40N4O3/c1-15-13-27(24(30)23-5-4-10-31-23)22-12-18(7-9-21(22)28(15)16(2)29)17-6-8-20-19(11-17)25-14-26(20)3/h15,17-23,25H,4-14H2,1-3H3/t15-,17?,18?,19?,20?,21?,22?,23?/m0/s1. The second-order valence-corrected chi connectivity index (χ2v) is 10.8. The van der Waals surface area contributed by atoms with Crippen LogP contribution in [0.3, 0.4) is 0 Å². The Morgan fingerprint density at radius 1 is 0.968 bits per heavy atom. The molecule has 0 spiro atoms. The number of piperazine rings is 1. The van der Waals surface area contributed by atoms with E-state index in [0.29, 0.717) is 31.2 Å². The highest BCUT2D eigenvalue weighted by molar-refractivity contribution is 5.82. The Morgan fingerprint density at radius 2 is 1.71 bits per heavy atom. The lowest BCUT2D eigenvalue weighted by Crippen LogP contribution is -2.68. The highest BCUT2D eigenvalue weighted by Crippen LogP contribution is 2.44. The number of amides is 2. The maximum absolute atomic E-state index is 13.4. The Morgan fingerprint density at radius 3 is 2.42 bits per heavy atom. The third kappa shape index (κ3) is 3.91. The van der Waals surface area contributed by atoms with Crippen molar-refractivity contribution in [3.8, 4) is 0 Å². The van der Waals surface area contributed by atoms with Crippen LogP contribution in [0.4, 0.5) is 0 Å². The summed E-state index contributed by atoms with van der Waals surface area (Å²) in [5.74, 6) is 1.71. The van der Waals surface area contributed by atoms with Crippen LogP contribution in [-0.2, 0) is 14.3 Å². The van der Waals surface area contributed by atoms with Crippen molar-refractivity contribution < 1.29 is 14.3 Å². The van der Waals surface area contributed by atoms with Crippen LogP contribution in [0.25, 0.3) is 0 Å². The van der Waals surface area contributed by atoms with Crippen LogP contribution >= 0.6 is 0 Å². The van der Waals surface area contributed by atoms with Gasteiger partial charge in [-0.1, -0.05) is 0 Å². The minimum atomic E-state index is -0.272. The molecule has 7 unspecified atom stereocenters. The fourth-order valence-corrected chi connectivity index (χ4v) is 7.58. The zero-order valence-corrected chi connectivity index (χ0v) is 19.5. The summed E-state index contributed by atoms with van der Waals surface area (Å²) in [6.07, 6.45) is 8.60. The highest BCUT2D eigenvalue weighted by Gasteiger charge is 2.49. The zero-order chi connectivity index (χ0) is 21.7. The van der Waals surface area contributed by atoms with Gasteiger partial charge in [-0.25, -0.2) is 0 Å². The van der Waals surface area contributed by atoms with Gasteiger partial charge < -0.3 is 14.5 Å². The van der Waals surface area contributed by atoms with Crippen molar-refractivity contribution in [3.05, 3.63) is 0 Å². The first-order valence-corrected chi connectivity index (χ1v) is 12.6. The van der Waals surface area contributed by atoms with E-state index in [9.17, 15) is 9.59 Å². The number of rotatable bonds is 2. The summed E-state index contributed by atoms with van der Waals surface area (Å²) < 4.78 is 5.77. The molecule has 2 saturated carbocycles. The SMILES string of the molecule is CC(=O)N1C2CCC(C3CCC4C(C3)NCN4C)CC2N(C(=O)C2CCCO2)C[C@@H]1C. The molecular weight excluding hydrogens is 392 g/mol. The van der Waals surface area contributed by atoms with E-state index in [0.717, 1.165) is 38.3 Å². The van der Waals surface area contributed by atoms with Gasteiger partial charge in [-0.2, -0.15) is 0 Å². The second-order valence-electron chi connectivity index (χ2n) is 10.8. The average Bonchev–Trinajstić information content (AvgIpc) is 3.42. The van der Waals surface area contributed by atoms with Gasteiger partial charge >= 0.3 is 0 Å². The fraction of sp³-hybridized carbons (Fsp3) is 0.917. The number of fused-ring (bicyclic) bond motifs is 2. The lowest BCUT2D eigenvalue weighted by Gasteiger charge is -2.55. The van der Waals surface area contributed by atoms with Gasteiger partial charge in [0, 0.05) is 44.9 Å². The Bertz CT molecular complexity index is 696. The molecule has 0 aromatic carbocycles. The van der Waals surface area contributed by atoms with Gasteiger partial charge in [-0.15, -0.1) is 0 Å². The lowest BCUT2D eigenvalue weighted by molar-refractivity contribution is -0.160. The summed E-state index contributed by atoms with van der Waals surface area (Å²) >= 11 is 0. The molecule has 0 aromatic rings. The number of carbonyl (C=O) groups excluding carboxylic acids is 2. The predicted octanol–water partition coefficient (Wildman–Crippen LogP) is 1.81. The number of hydrogen-bond donors (Lipinski definition) is 1. The summed E-state index contributed by atoms with van der Waals surface area (Å²) in [6.45, 7) is 6.15. The normalized spacial score (nSPS) is 43.6. The molecule has 31 heavy (non-hydrogen) atoms. The van der Waals surface area contributed by atoms with Gasteiger partial charge in [0.05, 0.1) is 12.1 Å². The number of nitrogens with zero attached hydrogens (tertiary/aromatic N) is 3. The molecule has 5 rings (SSSR count). The van der Waals surface area contributed by atoms with Crippen molar-refractivity contribution in [2.24, 2.45) is 11.8 Å². The van der Waals surface area contributed by atoms with E-state index >= 15 is 0 Å². The molecule has 3 aliphatic heterocycles. The van der Waals surface area contributed by atoms with Crippen molar-refractivity contribution in [2.75, 3.05) is 26.9 Å². The number of nitrogens with one attached hydrogen (secondary N) is 1. The van der Waals surface area contributed by atoms with Gasteiger partial charge in [0.1, 0.15) is 6.10 Å². The molecule has 8 atom stereocenters. The molecule has 5 aliphatic rings. The van der Waals surface area contributed by atoms with Gasteiger partial charge in [0.15, 0.2) is 0 Å². The highest BCUT2D eigenvalue weighted by atomic mass is 16.5. The number of carbonyl (C=O) groups is 2. The first-order valence-electron chi connectivity index (χ1n) is 12.6. The lowest BCUT2D eigenvalue weighted by atomic mass is 9.68. The molecular formula is C24H40N4O3. The first-order chi connectivity index (χ1) is 14.9. The molecule has 7 nitrogen and oxygen atoms in total. The van der Waals surface area contributed by atoms with Gasteiger partial charge in [-0.05, 0) is 77.2 Å². The number of ether oxygens (including phenoxy) is 1. The molecule has 7 heteroatoms. The van der Waals surface area contributed by atoms with E-state index < -0.39 is 0 Å². The van der Waals surface area contributed by atoms with E-state index in [1.165, 1.54) is 25.7 Å². The van der Waals surface area contributed by atoms with E-state index in [-0.39, 0.29) is 36.0 Å². The summed E-state index contributed by atoms with van der Waals surface area (Å²) in [4.78, 5) is 32.6. The minimum Gasteiger partial charge on any atom is -0.368 e. The molecule has 2 aliphatic carbocycles. The maximum Gasteiger partial charge on any atom is 0.252 e. The average molecular weight is 433 g/mol. The van der Waals surface area contributed by atoms with Crippen molar-refractivity contribution in [3.63, 3.8) is 0 Å². The van der Waals surface area contributed by atoms with Crippen molar-refractivity contribution in [1.29, 1.82) is 0 Å². The van der Waals surface area contributed by atoms with Gasteiger partial charge in [0.2, 0.25) is 5.91 Å². The van der Waals surface area contributed by atoms with Crippen LogP contribution in [0.1, 0.15) is 65.2 Å². The fourth-order valence-electron chi connectivity index (χ4n) is 7.58. The van der Waals surface area contributed by atoms with Crippen molar-refractivity contribution in [2.45, 2.75) is 102 Å². The molecule has 3 heterocycles. The third-order valence-corrected chi connectivity index (χ3v) is 9.06. The molecule has 5 fully saturated rings. The largest absolute Gasteiger partial charge is 0.368 e. The van der Waals surface area contributed by atoms with Crippen molar-refractivity contribution in [1.82, 2.24) is 20.0 Å². The molecule has 2 amide bonds. The third-order valence-electron chi connectivity index (χ3n) is 9.06. The van der Waals surface area contributed by atoms with Crippen LogP contribution < -0.4 is 5.32 Å². The van der Waals surface area contributed by atoms with Gasteiger partial charge in [-0.3, -0.25) is 19.8 Å². The molecule has 1 N–H and O–H groups in total. The zero-order valence-electron chi connectivity index (χ0n) is 19.5. The monoisotopic (exact) mass is 432 g/mol. The summed E-state index contributed by atoms with van der Waals surface area (Å²) in [6, 6.07) is 1.69. The Balaban J connectivity index is 1.33. The maximum atomic E-state index is 13.4. The molecule has 3 saturated heterocycles. The predicted molar refractivity (Wildman–Crippen MR) is 118 cm³/mol. The Labute approximate surface area is 186 Å². The van der Waals surface area contributed by atoms with E-state index in [4.69, 9.17) is 4.74 Å². The van der Waals surface area contributed by atoms with Crippen molar-refractivity contribution >= 4 is 11.8 Å². The number of likely N-dealkylation sites (N-methyl/N-ethyl adjacent to an activating group) is 1. The van der Waals surface area contributed by atoms with Crippen LogP contribution in [0.15, 0.2) is 0 Å². The van der Waals surface area contributed by atoms with Crippen LogP contribution in [0.2, 0.25) is 0 Å². The van der Waals surface area contributed by atoms with E-state index in [2.05, 4.69) is 34.0 Å². The van der Waals surface area contributed by atoms with Crippen LogP contribution in [0.5, 0.6) is 0 Å². The summed E-state index contributed by atoms with van der Waals surface area (Å²) in [5.41, 5.74) is 0. The number of hydrogen-bond acceptors (Lipinski definition) is 5. The van der Waals surface area contributed by atoms with Crippen LogP contribution in [0, 0.1) is 11.8 Å². The topological polar surface area (TPSA) is 65.1 Å². The second kappa shape index (κ2) is 8.64. The Hall–Kier alpha value is -1.18. The molecule has 0 bridgehead atoms. The summed E-state index contributed by atoms with van der Waals surface area (Å²) in [5, 5.41) is 3.72. The molecule has 0 radical (unpaired) electrons. The summed E-state index contributed by atoms with van der Waals surface area (Å²) in [7, 11) is 2.23. The quantitative estimate of drug-likeness (QED) is 0.721. The molecule has 174 valence electrons. The first kappa shape index (κ1) is 21.7. The smallest absolute Gasteiger partial charge is 0.252 e. The van der Waals surface area contributed by atoms with E-state index in [1.807, 2.05) is 0 Å². The van der Waals surface area contributed by atoms with E-state index in [1.54, 1.807) is 6.92 Å².